The molecule has 70 valence electrons. The van der Waals surface area contributed by atoms with E-state index in [9.17, 15) is 0 Å². The van der Waals surface area contributed by atoms with Gasteiger partial charge in [0.15, 0.2) is 0 Å². The van der Waals surface area contributed by atoms with Gasteiger partial charge < -0.3 is 10.4 Å². The molecule has 0 bridgehead atoms. The van der Waals surface area contributed by atoms with Gasteiger partial charge in [0.05, 0.1) is 0 Å². The van der Waals surface area contributed by atoms with Crippen LogP contribution in [-0.2, 0) is 0 Å². The van der Waals surface area contributed by atoms with Crippen LogP contribution in [0.25, 0.3) is 0 Å². The Kier molecular flexibility index (Phi) is 4.06. The van der Waals surface area contributed by atoms with E-state index >= 15 is 0 Å². The van der Waals surface area contributed by atoms with E-state index in [2.05, 4.69) is 5.32 Å². The van der Waals surface area contributed by atoms with E-state index < -0.39 is 0 Å². The zero-order valence-electron chi connectivity index (χ0n) is 7.22. The number of rotatable bonds is 6. The van der Waals surface area contributed by atoms with E-state index in [-0.39, 0.29) is 0 Å². The van der Waals surface area contributed by atoms with Crippen LogP contribution in [0, 0.1) is 5.41 Å². The maximum absolute atomic E-state index is 8.78. The van der Waals surface area contributed by atoms with E-state index in [1.54, 1.807) is 0 Å². The van der Waals surface area contributed by atoms with Crippen LogP contribution < -0.4 is 5.32 Å². The normalized spacial score (nSPS) is 20.2. The lowest BCUT2D eigenvalue weighted by molar-refractivity contribution is 0.246. The number of halogens is 1. The Balaban J connectivity index is 2.05. The lowest BCUT2D eigenvalue weighted by atomic mass is 10.0. The minimum absolute atomic E-state index is 0.313. The zero-order valence-corrected chi connectivity index (χ0v) is 7.98. The Labute approximate surface area is 78.6 Å². The summed E-state index contributed by atoms with van der Waals surface area (Å²) in [6.45, 7) is 2.15. The Bertz CT molecular complexity index is 155. The van der Waals surface area contributed by atoms with Crippen LogP contribution >= 0.6 is 11.6 Å². The molecule has 0 aliphatic heterocycles. The Morgan fingerprint density at radius 3 is 2.75 bits per heavy atom. The maximum atomic E-state index is 8.78. The molecular formula is C9H16ClNO. The summed E-state index contributed by atoms with van der Waals surface area (Å²) in [6.07, 6.45) is 5.33. The molecule has 0 aromatic carbocycles. The molecule has 2 nitrogen and oxygen atoms in total. The van der Waals surface area contributed by atoms with Crippen LogP contribution in [0.5, 0.6) is 0 Å². The lowest BCUT2D eigenvalue weighted by Gasteiger charge is -2.12. The molecule has 0 spiro atoms. The third kappa shape index (κ3) is 3.13. The van der Waals surface area contributed by atoms with Crippen molar-refractivity contribution in [2.75, 3.05) is 19.7 Å². The number of hydrogen-bond acceptors (Lipinski definition) is 2. The standard InChI is InChI=1S/C9H16ClNO/c10-5-1-6-11-8-9(2-3-9)4-7-12/h1,5,11-12H,2-4,6-8H2/b5-1+. The molecule has 0 atom stereocenters. The number of aliphatic hydroxyl groups excluding tert-OH is 1. The van der Waals surface area contributed by atoms with Crippen LogP contribution in [-0.4, -0.2) is 24.8 Å². The van der Waals surface area contributed by atoms with E-state index in [4.69, 9.17) is 16.7 Å². The highest BCUT2D eigenvalue weighted by Gasteiger charge is 2.40. The second-order valence-corrected chi connectivity index (χ2v) is 3.72. The summed E-state index contributed by atoms with van der Waals surface area (Å²) in [6, 6.07) is 0. The molecule has 1 rings (SSSR count). The molecule has 1 saturated carbocycles. The topological polar surface area (TPSA) is 32.3 Å². The van der Waals surface area contributed by atoms with Gasteiger partial charge in [0, 0.05) is 25.2 Å². The van der Waals surface area contributed by atoms with Crippen LogP contribution in [0.4, 0.5) is 0 Å². The average Bonchev–Trinajstić information content (AvgIpc) is 2.81. The van der Waals surface area contributed by atoms with Crippen molar-refractivity contribution in [2.24, 2.45) is 5.41 Å². The van der Waals surface area contributed by atoms with Crippen molar-refractivity contribution in [3.8, 4) is 0 Å². The predicted octanol–water partition coefficient (Wildman–Crippen LogP) is 1.49. The first-order valence-electron chi connectivity index (χ1n) is 4.40. The van der Waals surface area contributed by atoms with Crippen LogP contribution in [0.3, 0.4) is 0 Å². The van der Waals surface area contributed by atoms with Crippen LogP contribution in [0.2, 0.25) is 0 Å². The van der Waals surface area contributed by atoms with Gasteiger partial charge in [-0.2, -0.15) is 0 Å². The summed E-state index contributed by atoms with van der Waals surface area (Å²) >= 11 is 5.37. The minimum atomic E-state index is 0.313. The Morgan fingerprint density at radius 2 is 2.25 bits per heavy atom. The highest BCUT2D eigenvalue weighted by atomic mass is 35.5. The van der Waals surface area contributed by atoms with Gasteiger partial charge in [-0.25, -0.2) is 0 Å². The highest BCUT2D eigenvalue weighted by molar-refractivity contribution is 6.25. The molecule has 1 aliphatic carbocycles. The van der Waals surface area contributed by atoms with E-state index in [0.29, 0.717) is 12.0 Å². The SMILES string of the molecule is OCCC1(CNC/C=C/Cl)CC1. The molecular weight excluding hydrogens is 174 g/mol. The quantitative estimate of drug-likeness (QED) is 0.621. The Morgan fingerprint density at radius 1 is 1.50 bits per heavy atom. The first-order chi connectivity index (χ1) is 5.83. The molecule has 0 unspecified atom stereocenters. The average molecular weight is 190 g/mol. The van der Waals surface area contributed by atoms with Crippen LogP contribution in [0.15, 0.2) is 11.6 Å². The maximum Gasteiger partial charge on any atom is 0.0436 e. The van der Waals surface area contributed by atoms with Crippen molar-refractivity contribution in [2.45, 2.75) is 19.3 Å². The predicted molar refractivity (Wildman–Crippen MR) is 51.2 cm³/mol. The fourth-order valence-corrected chi connectivity index (χ4v) is 1.48. The lowest BCUT2D eigenvalue weighted by Crippen LogP contribution is -2.24. The minimum Gasteiger partial charge on any atom is -0.396 e. The third-order valence-electron chi connectivity index (χ3n) is 2.45. The van der Waals surface area contributed by atoms with Crippen molar-refractivity contribution >= 4 is 11.6 Å². The summed E-state index contributed by atoms with van der Waals surface area (Å²) < 4.78 is 0. The number of nitrogens with one attached hydrogen (secondary N) is 1. The molecule has 0 amide bonds. The summed E-state index contributed by atoms with van der Waals surface area (Å²) in [5.74, 6) is 0. The van der Waals surface area contributed by atoms with Crippen molar-refractivity contribution in [3.05, 3.63) is 11.6 Å². The van der Waals surface area contributed by atoms with E-state index in [0.717, 1.165) is 19.5 Å². The first kappa shape index (κ1) is 10.0. The van der Waals surface area contributed by atoms with Gasteiger partial charge in [-0.15, -0.1) is 0 Å². The van der Waals surface area contributed by atoms with Crippen molar-refractivity contribution in [1.29, 1.82) is 0 Å². The summed E-state index contributed by atoms with van der Waals surface area (Å²) in [7, 11) is 0. The van der Waals surface area contributed by atoms with Gasteiger partial charge >= 0.3 is 0 Å². The molecule has 3 heteroatoms. The molecule has 1 fully saturated rings. The molecule has 2 N–H and O–H groups in total. The van der Waals surface area contributed by atoms with Gasteiger partial charge in [-0.05, 0) is 24.7 Å². The number of aliphatic hydroxyl groups is 1. The van der Waals surface area contributed by atoms with Gasteiger partial charge in [0.25, 0.3) is 0 Å². The first-order valence-corrected chi connectivity index (χ1v) is 4.83. The molecule has 0 radical (unpaired) electrons. The van der Waals surface area contributed by atoms with Gasteiger partial charge in [0.1, 0.15) is 0 Å². The molecule has 0 heterocycles. The Hall–Kier alpha value is -0.0500. The van der Waals surface area contributed by atoms with Crippen molar-refractivity contribution in [1.82, 2.24) is 5.32 Å². The molecule has 1 aliphatic rings. The highest BCUT2D eigenvalue weighted by Crippen LogP contribution is 2.47. The second kappa shape index (κ2) is 4.85. The largest absolute Gasteiger partial charge is 0.396 e. The van der Waals surface area contributed by atoms with Crippen molar-refractivity contribution in [3.63, 3.8) is 0 Å². The van der Waals surface area contributed by atoms with E-state index in [1.165, 1.54) is 18.4 Å². The smallest absolute Gasteiger partial charge is 0.0436 e. The molecule has 12 heavy (non-hydrogen) atoms. The van der Waals surface area contributed by atoms with E-state index in [1.807, 2.05) is 6.08 Å². The fourth-order valence-electron chi connectivity index (χ4n) is 1.39. The summed E-state index contributed by atoms with van der Waals surface area (Å²) in [4.78, 5) is 0. The second-order valence-electron chi connectivity index (χ2n) is 3.47. The summed E-state index contributed by atoms with van der Waals surface area (Å²) in [5, 5.41) is 12.1. The third-order valence-corrected chi connectivity index (χ3v) is 2.63. The van der Waals surface area contributed by atoms with Crippen LogP contribution in [0.1, 0.15) is 19.3 Å². The zero-order chi connectivity index (χ0) is 8.86. The van der Waals surface area contributed by atoms with Gasteiger partial charge in [-0.1, -0.05) is 17.7 Å². The number of hydrogen-bond donors (Lipinski definition) is 2. The van der Waals surface area contributed by atoms with Gasteiger partial charge in [-0.3, -0.25) is 0 Å². The monoisotopic (exact) mass is 189 g/mol. The fraction of sp³-hybridized carbons (Fsp3) is 0.778. The van der Waals surface area contributed by atoms with Gasteiger partial charge in [0.2, 0.25) is 0 Å². The van der Waals surface area contributed by atoms with Crippen molar-refractivity contribution < 1.29 is 5.11 Å². The summed E-state index contributed by atoms with van der Waals surface area (Å²) in [5.41, 5.74) is 1.94. The molecule has 0 aromatic rings. The molecule has 0 aromatic heterocycles. The molecule has 0 saturated heterocycles.